The summed E-state index contributed by atoms with van der Waals surface area (Å²) in [5.74, 6) is 1.30. The number of benzene rings is 1. The number of nitrogens with zero attached hydrogens (tertiary/aromatic N) is 4. The van der Waals surface area contributed by atoms with Crippen LogP contribution >= 0.6 is 0 Å². The molecule has 2 heterocycles. The summed E-state index contributed by atoms with van der Waals surface area (Å²) in [5.41, 5.74) is 0.263. The number of amides is 3. The molecule has 1 N–H and O–H groups in total. The lowest BCUT2D eigenvalue weighted by Gasteiger charge is -2.36. The average Bonchev–Trinajstić information content (AvgIpc) is 2.97. The number of ether oxygens (including phenoxy) is 2. The fourth-order valence-electron chi connectivity index (χ4n) is 4.81. The number of piperazine rings is 1. The van der Waals surface area contributed by atoms with E-state index in [4.69, 9.17) is 15.9 Å². The maximum atomic E-state index is 13.7. The molecule has 1 aromatic heterocycles. The molecule has 0 bridgehead atoms. The summed E-state index contributed by atoms with van der Waals surface area (Å²) in [5, 5.41) is 3.91. The Morgan fingerprint density at radius 1 is 1.07 bits per heavy atom. The van der Waals surface area contributed by atoms with Crippen LogP contribution in [0.3, 0.4) is 0 Å². The maximum absolute atomic E-state index is 13.7. The van der Waals surface area contributed by atoms with E-state index in [0.29, 0.717) is 5.82 Å². The van der Waals surface area contributed by atoms with Crippen molar-refractivity contribution in [2.75, 3.05) is 32.8 Å². The molecule has 1 unspecified atom stereocenters. The predicted molar refractivity (Wildman–Crippen MR) is 170 cm³/mol. The SMILES string of the molecule is C#Cc1cnc(-c2ccccc2[Si](C)(C)C)nc1C(=O)NC(CCC(=O)OC(C)(C)C)C(=O)N1CCN(C(=O)OCC)CC1. The Bertz CT molecular complexity index is 1420. The van der Waals surface area contributed by atoms with E-state index in [-0.39, 0.29) is 62.8 Å². The van der Waals surface area contributed by atoms with E-state index in [1.165, 1.54) is 11.1 Å². The molecule has 1 aliphatic rings. The van der Waals surface area contributed by atoms with Crippen LogP contribution in [0, 0.1) is 12.3 Å². The molecule has 3 amide bonds. The van der Waals surface area contributed by atoms with Gasteiger partial charge in [-0.2, -0.15) is 0 Å². The van der Waals surface area contributed by atoms with Gasteiger partial charge in [0.15, 0.2) is 5.82 Å². The largest absolute Gasteiger partial charge is 0.460 e. The van der Waals surface area contributed by atoms with Gasteiger partial charge in [0.05, 0.1) is 20.2 Å². The first-order chi connectivity index (χ1) is 20.6. The average molecular weight is 622 g/mol. The highest BCUT2D eigenvalue weighted by atomic mass is 28.3. The molecule has 0 aliphatic carbocycles. The molecule has 1 saturated heterocycles. The predicted octanol–water partition coefficient (Wildman–Crippen LogP) is 3.19. The van der Waals surface area contributed by atoms with Gasteiger partial charge in [-0.05, 0) is 39.3 Å². The zero-order chi connectivity index (χ0) is 32.7. The van der Waals surface area contributed by atoms with Crippen LogP contribution in [0.5, 0.6) is 0 Å². The summed E-state index contributed by atoms with van der Waals surface area (Å²) < 4.78 is 10.5. The molecule has 12 heteroatoms. The Kier molecular flexibility index (Phi) is 11.3. The minimum atomic E-state index is -1.79. The quantitative estimate of drug-likeness (QED) is 0.257. The van der Waals surface area contributed by atoms with E-state index in [1.54, 1.807) is 32.6 Å². The van der Waals surface area contributed by atoms with E-state index >= 15 is 0 Å². The molecule has 3 rings (SSSR count). The molecule has 2 aromatic rings. The zero-order valence-electron chi connectivity index (χ0n) is 26.7. The van der Waals surface area contributed by atoms with E-state index in [1.807, 2.05) is 24.3 Å². The van der Waals surface area contributed by atoms with E-state index in [2.05, 4.69) is 40.8 Å². The fourth-order valence-corrected chi connectivity index (χ4v) is 6.41. The van der Waals surface area contributed by atoms with Crippen LogP contribution < -0.4 is 10.5 Å². The third-order valence-electron chi connectivity index (χ3n) is 6.91. The van der Waals surface area contributed by atoms with E-state index in [0.717, 1.165) is 10.8 Å². The van der Waals surface area contributed by atoms with Gasteiger partial charge in [0, 0.05) is 44.4 Å². The smallest absolute Gasteiger partial charge is 0.409 e. The lowest BCUT2D eigenvalue weighted by Crippen LogP contribution is -2.56. The van der Waals surface area contributed by atoms with Gasteiger partial charge in [-0.1, -0.05) is 49.8 Å². The first-order valence-electron chi connectivity index (χ1n) is 14.8. The molecular formula is C32H43N5O6Si. The van der Waals surface area contributed by atoms with E-state index < -0.39 is 37.7 Å². The number of carbonyl (C=O) groups is 4. The third-order valence-corrected chi connectivity index (χ3v) is 8.97. The molecular weight excluding hydrogens is 578 g/mol. The van der Waals surface area contributed by atoms with Crippen LogP contribution in [0.4, 0.5) is 4.79 Å². The monoisotopic (exact) mass is 621 g/mol. The summed E-state index contributed by atoms with van der Waals surface area (Å²) in [6.45, 7) is 14.9. The van der Waals surface area contributed by atoms with Crippen molar-refractivity contribution >= 4 is 37.1 Å². The van der Waals surface area contributed by atoms with Crippen LogP contribution in [0.15, 0.2) is 30.5 Å². The summed E-state index contributed by atoms with van der Waals surface area (Å²) in [6.07, 6.45) is 6.61. The van der Waals surface area contributed by atoms with Gasteiger partial charge in [0.25, 0.3) is 5.91 Å². The molecule has 0 saturated carbocycles. The van der Waals surface area contributed by atoms with Gasteiger partial charge in [0.2, 0.25) is 5.91 Å². The highest BCUT2D eigenvalue weighted by Gasteiger charge is 2.32. The number of rotatable bonds is 9. The van der Waals surface area contributed by atoms with Gasteiger partial charge < -0.3 is 24.6 Å². The van der Waals surface area contributed by atoms with Crippen LogP contribution in [0.1, 0.15) is 56.6 Å². The summed E-state index contributed by atoms with van der Waals surface area (Å²) in [7, 11) is -1.79. The van der Waals surface area contributed by atoms with Crippen molar-refractivity contribution in [1.29, 1.82) is 0 Å². The second-order valence-electron chi connectivity index (χ2n) is 12.6. The Morgan fingerprint density at radius 3 is 2.30 bits per heavy atom. The highest BCUT2D eigenvalue weighted by Crippen LogP contribution is 2.19. The Hall–Kier alpha value is -4.24. The van der Waals surface area contributed by atoms with Crippen LogP contribution in [0.25, 0.3) is 11.4 Å². The standard InChI is InChI=1S/C32H43N5O6Si/c1-9-22-21-33-28(23-13-11-12-14-25(23)44(6,7)8)35-27(22)29(39)34-24(15-16-26(38)43-32(3,4)5)30(40)36-17-19-37(20-18-36)31(41)42-10-2/h1,11-14,21,24H,10,15-20H2,2-8H3,(H,34,39). The lowest BCUT2D eigenvalue weighted by molar-refractivity contribution is -0.155. The van der Waals surface area contributed by atoms with Gasteiger partial charge in [-0.15, -0.1) is 6.42 Å². The summed E-state index contributed by atoms with van der Waals surface area (Å²) in [6, 6.07) is 6.76. The number of hydrogen-bond acceptors (Lipinski definition) is 8. The normalized spacial score (nSPS) is 14.3. The molecule has 236 valence electrons. The van der Waals surface area contributed by atoms with Crippen molar-refractivity contribution in [2.24, 2.45) is 0 Å². The molecule has 1 atom stereocenters. The highest BCUT2D eigenvalue weighted by molar-refractivity contribution is 6.89. The maximum Gasteiger partial charge on any atom is 0.409 e. The van der Waals surface area contributed by atoms with Crippen LogP contribution in [-0.4, -0.2) is 96.1 Å². The van der Waals surface area contributed by atoms with Crippen LogP contribution in [0.2, 0.25) is 19.6 Å². The third kappa shape index (κ3) is 9.13. The molecule has 0 spiro atoms. The van der Waals surface area contributed by atoms with Gasteiger partial charge in [-0.3, -0.25) is 14.4 Å². The second kappa shape index (κ2) is 14.5. The van der Waals surface area contributed by atoms with Crippen molar-refractivity contribution in [1.82, 2.24) is 25.1 Å². The zero-order valence-corrected chi connectivity index (χ0v) is 27.7. The number of nitrogens with one attached hydrogen (secondary N) is 1. The van der Waals surface area contributed by atoms with Crippen molar-refractivity contribution < 1.29 is 28.7 Å². The first kappa shape index (κ1) is 34.2. The molecule has 1 fully saturated rings. The topological polar surface area (TPSA) is 131 Å². The lowest BCUT2D eigenvalue weighted by atomic mass is 10.1. The number of hydrogen-bond donors (Lipinski definition) is 1. The van der Waals surface area contributed by atoms with Crippen molar-refractivity contribution in [3.05, 3.63) is 41.7 Å². The number of aromatic nitrogens is 2. The Balaban J connectivity index is 1.88. The Labute approximate surface area is 260 Å². The summed E-state index contributed by atoms with van der Waals surface area (Å²) in [4.78, 5) is 64.3. The Morgan fingerprint density at radius 2 is 1.70 bits per heavy atom. The molecule has 1 aromatic carbocycles. The first-order valence-corrected chi connectivity index (χ1v) is 18.3. The van der Waals surface area contributed by atoms with Crippen molar-refractivity contribution in [2.45, 2.75) is 71.8 Å². The second-order valence-corrected chi connectivity index (χ2v) is 17.6. The minimum Gasteiger partial charge on any atom is -0.460 e. The molecule has 0 radical (unpaired) electrons. The molecule has 11 nitrogen and oxygen atoms in total. The molecule has 44 heavy (non-hydrogen) atoms. The molecule has 1 aliphatic heterocycles. The van der Waals surface area contributed by atoms with Crippen LogP contribution in [-0.2, 0) is 19.1 Å². The van der Waals surface area contributed by atoms with Crippen molar-refractivity contribution in [3.8, 4) is 23.7 Å². The fraction of sp³-hybridized carbons (Fsp3) is 0.500. The van der Waals surface area contributed by atoms with E-state index in [9.17, 15) is 19.2 Å². The minimum absolute atomic E-state index is 0.000632. The van der Waals surface area contributed by atoms with Gasteiger partial charge >= 0.3 is 12.1 Å². The number of esters is 1. The number of carbonyl (C=O) groups excluding carboxylic acids is 4. The number of terminal acetylenes is 1. The van der Waals surface area contributed by atoms with Crippen molar-refractivity contribution in [3.63, 3.8) is 0 Å². The summed E-state index contributed by atoms with van der Waals surface area (Å²) >= 11 is 0. The van der Waals surface area contributed by atoms with Gasteiger partial charge in [-0.25, -0.2) is 14.8 Å². The van der Waals surface area contributed by atoms with Gasteiger partial charge in [0.1, 0.15) is 17.3 Å².